The third-order valence-electron chi connectivity index (χ3n) is 5.33. The van der Waals surface area contributed by atoms with Crippen LogP contribution >= 0.6 is 11.6 Å². The number of hydrogen-bond donors (Lipinski definition) is 2. The third-order valence-corrected chi connectivity index (χ3v) is 5.57. The lowest BCUT2D eigenvalue weighted by atomic mass is 9.87. The number of likely N-dealkylation sites (N-methyl/N-ethyl adjacent to an activating group) is 1. The zero-order valence-electron chi connectivity index (χ0n) is 19.5. The summed E-state index contributed by atoms with van der Waals surface area (Å²) in [5.41, 5.74) is 0. The molecule has 40 heavy (non-hydrogen) atoms. The smallest absolute Gasteiger partial charge is 0.391 e. The second-order valence-corrected chi connectivity index (χ2v) is 9.28. The summed E-state index contributed by atoms with van der Waals surface area (Å²) in [6.45, 7) is -1.72. The molecule has 1 amide bonds. The molecule has 0 aliphatic heterocycles. The Morgan fingerprint density at radius 3 is 1.27 bits per heavy atom. The van der Waals surface area contributed by atoms with Gasteiger partial charge in [0.15, 0.2) is 0 Å². The van der Waals surface area contributed by atoms with Crippen molar-refractivity contribution in [1.82, 2.24) is 5.32 Å². The predicted molar refractivity (Wildman–Crippen MR) is 96.9 cm³/mol. The number of halogens is 19. The van der Waals surface area contributed by atoms with Crippen molar-refractivity contribution in [2.75, 3.05) is 40.3 Å². The quantitative estimate of drug-likeness (QED) is 0.106. The van der Waals surface area contributed by atoms with Crippen LogP contribution < -0.4 is 5.32 Å². The molecule has 0 saturated carbocycles. The van der Waals surface area contributed by atoms with Crippen LogP contribution in [0.5, 0.6) is 0 Å². The molecule has 0 rings (SSSR count). The van der Waals surface area contributed by atoms with Gasteiger partial charge in [0, 0.05) is 13.0 Å². The van der Waals surface area contributed by atoms with E-state index < -0.39 is 78.2 Å². The molecule has 0 unspecified atom stereocenters. The minimum Gasteiger partial charge on any atom is -0.391 e. The van der Waals surface area contributed by atoms with E-state index in [0.29, 0.717) is 0 Å². The molecule has 0 atom stereocenters. The van der Waals surface area contributed by atoms with Crippen LogP contribution in [0.3, 0.4) is 0 Å². The first-order chi connectivity index (χ1) is 17.2. The molecule has 0 fully saturated rings. The van der Waals surface area contributed by atoms with E-state index in [0.717, 1.165) is 5.32 Å². The van der Waals surface area contributed by atoms with Crippen LogP contribution in [0.25, 0.3) is 0 Å². The standard InChI is InChI=1S/C17H17ClF18N2O2/c1-38(2,6-7-39)5-3-4-37-8(40)9(19,20)10(21,22)11(23,24)12(25,26)13(27,28)14(29,30)15(31,32)16(33,34)17(18,35)36/h39H,3-7H2,1-2H3/p+1. The van der Waals surface area contributed by atoms with E-state index in [1.54, 1.807) is 0 Å². The fourth-order valence-electron chi connectivity index (χ4n) is 2.71. The Morgan fingerprint density at radius 1 is 0.625 bits per heavy atom. The van der Waals surface area contributed by atoms with E-state index in [2.05, 4.69) is 11.6 Å². The minimum atomic E-state index is -8.93. The van der Waals surface area contributed by atoms with Crippen LogP contribution in [0.1, 0.15) is 6.42 Å². The van der Waals surface area contributed by atoms with Crippen LogP contribution in [-0.4, -0.2) is 109 Å². The molecule has 0 aliphatic carbocycles. The van der Waals surface area contributed by atoms with E-state index in [1.165, 1.54) is 14.1 Å². The number of hydrogen-bond acceptors (Lipinski definition) is 2. The highest BCUT2D eigenvalue weighted by Gasteiger charge is 2.96. The lowest BCUT2D eigenvalue weighted by Crippen LogP contribution is -2.76. The van der Waals surface area contributed by atoms with Crippen LogP contribution in [0.4, 0.5) is 79.0 Å². The molecule has 240 valence electrons. The van der Waals surface area contributed by atoms with Gasteiger partial charge in [0.1, 0.15) is 6.54 Å². The van der Waals surface area contributed by atoms with E-state index in [1.807, 2.05) is 0 Å². The van der Waals surface area contributed by atoms with Crippen LogP contribution in [0.2, 0.25) is 0 Å². The summed E-state index contributed by atoms with van der Waals surface area (Å²) in [6, 6.07) is 0. The van der Waals surface area contributed by atoms with Gasteiger partial charge in [-0.2, -0.15) is 79.0 Å². The maximum absolute atomic E-state index is 13.8. The molecule has 23 heteroatoms. The molecule has 0 saturated heterocycles. The number of nitrogens with one attached hydrogen (secondary N) is 1. The lowest BCUT2D eigenvalue weighted by molar-refractivity contribution is -0.890. The van der Waals surface area contributed by atoms with Crippen molar-refractivity contribution < 1.29 is 93.4 Å². The van der Waals surface area contributed by atoms with Gasteiger partial charge >= 0.3 is 52.8 Å². The summed E-state index contributed by atoms with van der Waals surface area (Å²) in [5, 5.41) is 2.64. The van der Waals surface area contributed by atoms with Gasteiger partial charge < -0.3 is 14.9 Å². The molecule has 0 heterocycles. The van der Waals surface area contributed by atoms with Crippen molar-refractivity contribution in [3.63, 3.8) is 0 Å². The molecule has 0 aliphatic rings. The first kappa shape index (κ1) is 38.4. The zero-order valence-corrected chi connectivity index (χ0v) is 20.3. The van der Waals surface area contributed by atoms with Gasteiger partial charge in [-0.25, -0.2) is 0 Å². The molecule has 0 aromatic heterocycles. The highest BCUT2D eigenvalue weighted by molar-refractivity contribution is 6.22. The van der Waals surface area contributed by atoms with Crippen molar-refractivity contribution in [3.8, 4) is 0 Å². The summed E-state index contributed by atoms with van der Waals surface area (Å²) >= 11 is 3.38. The number of nitrogens with zero attached hydrogens (tertiary/aromatic N) is 1. The SMILES string of the molecule is C[N+](C)(CCO)CCCNC(=O)C(F)(F)C(F)(F)C(F)(F)C(F)(F)C(F)(F)C(F)(F)C(F)(F)C(F)(F)C(F)(F)Cl. The van der Waals surface area contributed by atoms with Gasteiger partial charge in [-0.1, -0.05) is 0 Å². The topological polar surface area (TPSA) is 49.3 Å². The number of carbonyl (C=O) groups is 1. The predicted octanol–water partition coefficient (Wildman–Crippen LogP) is 5.48. The van der Waals surface area contributed by atoms with Crippen LogP contribution in [0, 0.1) is 0 Å². The highest BCUT2D eigenvalue weighted by Crippen LogP contribution is 2.65. The molecular weight excluding hydrogens is 642 g/mol. The zero-order chi connectivity index (χ0) is 32.8. The van der Waals surface area contributed by atoms with Gasteiger partial charge in [0.2, 0.25) is 0 Å². The average molecular weight is 660 g/mol. The van der Waals surface area contributed by atoms with E-state index in [-0.39, 0.29) is 17.6 Å². The summed E-state index contributed by atoms with van der Waals surface area (Å²) < 4.78 is 242. The Labute approximate surface area is 216 Å². The summed E-state index contributed by atoms with van der Waals surface area (Å²) in [6.07, 6.45) is -0.467. The second kappa shape index (κ2) is 10.9. The van der Waals surface area contributed by atoms with Crippen LogP contribution in [-0.2, 0) is 4.79 Å². The Bertz CT molecular complexity index is 903. The first-order valence-corrected chi connectivity index (χ1v) is 10.4. The van der Waals surface area contributed by atoms with Crippen molar-refractivity contribution in [2.24, 2.45) is 0 Å². The number of aliphatic hydroxyl groups excluding tert-OH is 1. The van der Waals surface area contributed by atoms with Crippen molar-refractivity contribution in [2.45, 2.75) is 59.2 Å². The van der Waals surface area contributed by atoms with E-state index >= 15 is 0 Å². The number of carbonyl (C=O) groups excluding carboxylic acids is 1. The van der Waals surface area contributed by atoms with Crippen LogP contribution in [0.15, 0.2) is 0 Å². The Hall–Kier alpha value is -1.58. The number of rotatable bonds is 15. The molecule has 0 radical (unpaired) electrons. The summed E-state index contributed by atoms with van der Waals surface area (Å²) in [7, 11) is 2.79. The van der Waals surface area contributed by atoms with Gasteiger partial charge in [0.25, 0.3) is 5.91 Å². The first-order valence-electron chi connectivity index (χ1n) is 9.99. The number of aliphatic hydroxyl groups is 1. The molecule has 4 nitrogen and oxygen atoms in total. The molecule has 2 N–H and O–H groups in total. The maximum atomic E-state index is 13.8. The fraction of sp³-hybridized carbons (Fsp3) is 0.941. The minimum absolute atomic E-state index is 0.00413. The second-order valence-electron chi connectivity index (χ2n) is 8.81. The van der Waals surface area contributed by atoms with Gasteiger partial charge in [-0.15, -0.1) is 0 Å². The maximum Gasteiger partial charge on any atom is 0.393 e. The average Bonchev–Trinajstić information content (AvgIpc) is 2.74. The Morgan fingerprint density at radius 2 is 0.950 bits per heavy atom. The summed E-state index contributed by atoms with van der Waals surface area (Å²) in [5.74, 6) is -70.7. The molecular formula is C17H18ClF18N2O2+. The molecule has 0 aromatic rings. The Balaban J connectivity index is 6.41. The third kappa shape index (κ3) is 5.84. The molecule has 0 spiro atoms. The van der Waals surface area contributed by atoms with Crippen molar-refractivity contribution >= 4 is 17.5 Å². The number of quaternary nitrogens is 1. The molecule has 0 bridgehead atoms. The number of amides is 1. The Kier molecular flexibility index (Phi) is 10.5. The number of alkyl halides is 19. The lowest BCUT2D eigenvalue weighted by Gasteiger charge is -2.43. The largest absolute Gasteiger partial charge is 0.393 e. The van der Waals surface area contributed by atoms with Gasteiger partial charge in [0.05, 0.1) is 27.2 Å². The fourth-order valence-corrected chi connectivity index (χ4v) is 2.82. The highest BCUT2D eigenvalue weighted by atomic mass is 35.5. The molecule has 0 aromatic carbocycles. The summed E-state index contributed by atoms with van der Waals surface area (Å²) in [4.78, 5) is 11.4. The van der Waals surface area contributed by atoms with Gasteiger partial charge in [-0.05, 0) is 11.6 Å². The van der Waals surface area contributed by atoms with Crippen molar-refractivity contribution in [3.05, 3.63) is 0 Å². The van der Waals surface area contributed by atoms with Gasteiger partial charge in [-0.3, -0.25) is 4.79 Å². The van der Waals surface area contributed by atoms with E-state index in [9.17, 15) is 83.8 Å². The van der Waals surface area contributed by atoms with E-state index in [4.69, 9.17) is 5.11 Å². The normalized spacial score (nSPS) is 15.8. The monoisotopic (exact) mass is 659 g/mol. The van der Waals surface area contributed by atoms with Crippen molar-refractivity contribution in [1.29, 1.82) is 0 Å².